The van der Waals surface area contributed by atoms with Crippen LogP contribution in [0, 0.1) is 13.8 Å². The molecule has 1 aromatic carbocycles. The van der Waals surface area contributed by atoms with E-state index in [-0.39, 0.29) is 12.5 Å². The van der Waals surface area contributed by atoms with Gasteiger partial charge < -0.3 is 15.2 Å². The fourth-order valence-electron chi connectivity index (χ4n) is 2.63. The molecule has 1 aromatic rings. The van der Waals surface area contributed by atoms with Gasteiger partial charge in [0.05, 0.1) is 5.60 Å². The van der Waals surface area contributed by atoms with E-state index in [2.05, 4.69) is 5.32 Å². The molecule has 110 valence electrons. The molecule has 20 heavy (non-hydrogen) atoms. The van der Waals surface area contributed by atoms with Crippen molar-refractivity contribution in [3.8, 4) is 5.75 Å². The molecule has 0 unspecified atom stereocenters. The zero-order valence-electron chi connectivity index (χ0n) is 12.2. The number of rotatable bonds is 5. The van der Waals surface area contributed by atoms with Crippen LogP contribution in [0.25, 0.3) is 0 Å². The van der Waals surface area contributed by atoms with Crippen molar-refractivity contribution in [3.63, 3.8) is 0 Å². The first-order valence-corrected chi connectivity index (χ1v) is 7.18. The van der Waals surface area contributed by atoms with Gasteiger partial charge in [0.1, 0.15) is 5.75 Å². The van der Waals surface area contributed by atoms with Crippen molar-refractivity contribution >= 4 is 5.91 Å². The first-order valence-electron chi connectivity index (χ1n) is 7.18. The van der Waals surface area contributed by atoms with Gasteiger partial charge in [-0.2, -0.15) is 0 Å². The topological polar surface area (TPSA) is 58.6 Å². The lowest BCUT2D eigenvalue weighted by molar-refractivity contribution is -0.124. The van der Waals surface area contributed by atoms with Crippen molar-refractivity contribution in [1.82, 2.24) is 5.32 Å². The fourth-order valence-corrected chi connectivity index (χ4v) is 2.63. The number of hydrogen-bond donors (Lipinski definition) is 2. The zero-order valence-corrected chi connectivity index (χ0v) is 12.2. The van der Waals surface area contributed by atoms with Gasteiger partial charge in [0.2, 0.25) is 0 Å². The van der Waals surface area contributed by atoms with Crippen molar-refractivity contribution in [2.45, 2.75) is 45.1 Å². The summed E-state index contributed by atoms with van der Waals surface area (Å²) in [5.41, 5.74) is 1.48. The Balaban J connectivity index is 1.77. The summed E-state index contributed by atoms with van der Waals surface area (Å²) in [6, 6.07) is 5.86. The van der Waals surface area contributed by atoms with Gasteiger partial charge in [-0.1, -0.05) is 30.5 Å². The number of benzene rings is 1. The Labute approximate surface area is 120 Å². The number of carbonyl (C=O) groups excluding carboxylic acids is 1. The van der Waals surface area contributed by atoms with Crippen molar-refractivity contribution in [3.05, 3.63) is 29.3 Å². The van der Waals surface area contributed by atoms with Crippen LogP contribution in [0.15, 0.2) is 18.2 Å². The number of aliphatic hydroxyl groups is 1. The molecule has 1 saturated carbocycles. The van der Waals surface area contributed by atoms with E-state index in [0.29, 0.717) is 6.54 Å². The molecule has 1 aliphatic rings. The highest BCUT2D eigenvalue weighted by Crippen LogP contribution is 2.28. The SMILES string of the molecule is Cc1ccc(OCC(=O)NCC2(O)CCCC2)c(C)c1. The molecule has 1 fully saturated rings. The van der Waals surface area contributed by atoms with Gasteiger partial charge in [0.25, 0.3) is 5.91 Å². The standard InChI is InChI=1S/C16H23NO3/c1-12-5-6-14(13(2)9-12)20-10-15(18)17-11-16(19)7-3-4-8-16/h5-6,9,19H,3-4,7-8,10-11H2,1-2H3,(H,17,18). The monoisotopic (exact) mass is 277 g/mol. The molecule has 1 aliphatic carbocycles. The van der Waals surface area contributed by atoms with Gasteiger partial charge >= 0.3 is 0 Å². The summed E-state index contributed by atoms with van der Waals surface area (Å²) >= 11 is 0. The third kappa shape index (κ3) is 3.97. The van der Waals surface area contributed by atoms with Crippen molar-refractivity contribution in [2.75, 3.05) is 13.2 Å². The van der Waals surface area contributed by atoms with Gasteiger partial charge in [-0.25, -0.2) is 0 Å². The van der Waals surface area contributed by atoms with Crippen LogP contribution in [-0.2, 0) is 4.79 Å². The number of nitrogens with one attached hydrogen (secondary N) is 1. The van der Waals surface area contributed by atoms with E-state index in [1.807, 2.05) is 32.0 Å². The van der Waals surface area contributed by atoms with E-state index in [1.165, 1.54) is 5.56 Å². The molecule has 0 aliphatic heterocycles. The molecule has 0 atom stereocenters. The van der Waals surface area contributed by atoms with Crippen LogP contribution in [0.2, 0.25) is 0 Å². The number of aryl methyl sites for hydroxylation is 2. The molecular weight excluding hydrogens is 254 g/mol. The third-order valence-electron chi connectivity index (χ3n) is 3.84. The highest BCUT2D eigenvalue weighted by atomic mass is 16.5. The zero-order chi connectivity index (χ0) is 14.6. The summed E-state index contributed by atoms with van der Waals surface area (Å²) in [7, 11) is 0. The van der Waals surface area contributed by atoms with Crippen LogP contribution in [0.3, 0.4) is 0 Å². The summed E-state index contributed by atoms with van der Waals surface area (Å²) in [4.78, 5) is 11.7. The highest BCUT2D eigenvalue weighted by Gasteiger charge is 2.31. The highest BCUT2D eigenvalue weighted by molar-refractivity contribution is 5.77. The first kappa shape index (κ1) is 14.9. The molecule has 0 aromatic heterocycles. The minimum absolute atomic E-state index is 0.0139. The van der Waals surface area contributed by atoms with E-state index in [4.69, 9.17) is 4.74 Å². The summed E-state index contributed by atoms with van der Waals surface area (Å²) in [5.74, 6) is 0.538. The Morgan fingerprint density at radius 2 is 2.05 bits per heavy atom. The lowest BCUT2D eigenvalue weighted by Crippen LogP contribution is -2.42. The summed E-state index contributed by atoms with van der Waals surface area (Å²) in [5, 5.41) is 12.9. The first-order chi connectivity index (χ1) is 9.48. The molecule has 0 spiro atoms. The molecule has 0 heterocycles. The molecule has 2 N–H and O–H groups in total. The predicted octanol–water partition coefficient (Wildman–Crippen LogP) is 2.10. The average molecular weight is 277 g/mol. The molecule has 0 radical (unpaired) electrons. The summed E-state index contributed by atoms with van der Waals surface area (Å²) < 4.78 is 5.51. The largest absolute Gasteiger partial charge is 0.484 e. The number of amides is 1. The van der Waals surface area contributed by atoms with Crippen LogP contribution in [0.1, 0.15) is 36.8 Å². The lowest BCUT2D eigenvalue weighted by Gasteiger charge is -2.22. The second-order valence-corrected chi connectivity index (χ2v) is 5.77. The van der Waals surface area contributed by atoms with Crippen LogP contribution >= 0.6 is 0 Å². The third-order valence-corrected chi connectivity index (χ3v) is 3.84. The average Bonchev–Trinajstić information content (AvgIpc) is 2.83. The quantitative estimate of drug-likeness (QED) is 0.866. The van der Waals surface area contributed by atoms with Crippen LogP contribution in [-0.4, -0.2) is 29.8 Å². The number of hydrogen-bond acceptors (Lipinski definition) is 3. The predicted molar refractivity (Wildman–Crippen MR) is 77.8 cm³/mol. The van der Waals surface area contributed by atoms with Gasteiger partial charge in [0.15, 0.2) is 6.61 Å². The van der Waals surface area contributed by atoms with E-state index < -0.39 is 5.60 Å². The molecule has 0 bridgehead atoms. The van der Waals surface area contributed by atoms with Crippen LogP contribution in [0.5, 0.6) is 5.75 Å². The Morgan fingerprint density at radius 3 is 2.70 bits per heavy atom. The Morgan fingerprint density at radius 1 is 1.35 bits per heavy atom. The van der Waals surface area contributed by atoms with Gasteiger partial charge in [-0.05, 0) is 38.3 Å². The minimum Gasteiger partial charge on any atom is -0.484 e. The van der Waals surface area contributed by atoms with Crippen molar-refractivity contribution < 1.29 is 14.6 Å². The second-order valence-electron chi connectivity index (χ2n) is 5.77. The number of carbonyl (C=O) groups is 1. The van der Waals surface area contributed by atoms with E-state index >= 15 is 0 Å². The van der Waals surface area contributed by atoms with Crippen LogP contribution < -0.4 is 10.1 Å². The van der Waals surface area contributed by atoms with E-state index in [9.17, 15) is 9.90 Å². The lowest BCUT2D eigenvalue weighted by atomic mass is 10.0. The number of ether oxygens (including phenoxy) is 1. The van der Waals surface area contributed by atoms with Gasteiger partial charge in [-0.3, -0.25) is 4.79 Å². The smallest absolute Gasteiger partial charge is 0.258 e. The Hall–Kier alpha value is -1.55. The molecule has 1 amide bonds. The van der Waals surface area contributed by atoms with Crippen molar-refractivity contribution in [2.24, 2.45) is 0 Å². The maximum atomic E-state index is 11.7. The second kappa shape index (κ2) is 6.27. The summed E-state index contributed by atoms with van der Waals surface area (Å²) in [6.07, 6.45) is 3.60. The Kier molecular flexibility index (Phi) is 4.65. The normalized spacial score (nSPS) is 16.9. The maximum absolute atomic E-state index is 11.7. The van der Waals surface area contributed by atoms with Gasteiger partial charge in [-0.15, -0.1) is 0 Å². The fraction of sp³-hybridized carbons (Fsp3) is 0.562. The Bertz CT molecular complexity index is 479. The van der Waals surface area contributed by atoms with E-state index in [1.54, 1.807) is 0 Å². The van der Waals surface area contributed by atoms with Crippen molar-refractivity contribution in [1.29, 1.82) is 0 Å². The maximum Gasteiger partial charge on any atom is 0.258 e. The van der Waals surface area contributed by atoms with E-state index in [0.717, 1.165) is 37.0 Å². The molecular formula is C16H23NO3. The van der Waals surface area contributed by atoms with Crippen LogP contribution in [0.4, 0.5) is 0 Å². The molecule has 0 saturated heterocycles. The summed E-state index contributed by atoms with van der Waals surface area (Å²) in [6.45, 7) is 4.29. The molecule has 4 heteroatoms. The molecule has 2 rings (SSSR count). The minimum atomic E-state index is -0.713. The molecule has 4 nitrogen and oxygen atoms in total. The van der Waals surface area contributed by atoms with Gasteiger partial charge in [0, 0.05) is 6.54 Å².